The van der Waals surface area contributed by atoms with Gasteiger partial charge in [0.05, 0.1) is 0 Å². The van der Waals surface area contributed by atoms with Crippen LogP contribution in [-0.4, -0.2) is 24.5 Å². The van der Waals surface area contributed by atoms with Crippen LogP contribution in [0.2, 0.25) is 5.02 Å². The SMILES string of the molecule is CC(c1ccccc1Cl)N(C)C(CN)C1CC1. The second-order valence-corrected chi connectivity index (χ2v) is 5.41. The third-order valence-electron chi connectivity index (χ3n) is 3.90. The first-order chi connectivity index (χ1) is 8.15. The number of nitrogens with two attached hydrogens (primary N) is 1. The summed E-state index contributed by atoms with van der Waals surface area (Å²) >= 11 is 6.25. The van der Waals surface area contributed by atoms with Crippen LogP contribution in [0.1, 0.15) is 31.4 Å². The van der Waals surface area contributed by atoms with E-state index >= 15 is 0 Å². The molecular weight excluding hydrogens is 232 g/mol. The van der Waals surface area contributed by atoms with Crippen molar-refractivity contribution in [1.82, 2.24) is 4.90 Å². The van der Waals surface area contributed by atoms with Gasteiger partial charge in [-0.1, -0.05) is 29.8 Å². The molecule has 2 unspecified atom stereocenters. The molecule has 1 aliphatic carbocycles. The van der Waals surface area contributed by atoms with Crippen molar-refractivity contribution in [3.63, 3.8) is 0 Å². The Bertz CT molecular complexity index is 376. The van der Waals surface area contributed by atoms with Crippen molar-refractivity contribution >= 4 is 11.6 Å². The highest BCUT2D eigenvalue weighted by atomic mass is 35.5. The number of hydrogen-bond acceptors (Lipinski definition) is 2. The molecule has 3 heteroatoms. The maximum Gasteiger partial charge on any atom is 0.0453 e. The molecule has 94 valence electrons. The number of halogens is 1. The molecule has 1 fully saturated rings. The Balaban J connectivity index is 2.13. The van der Waals surface area contributed by atoms with Gasteiger partial charge in [-0.25, -0.2) is 0 Å². The number of hydrogen-bond donors (Lipinski definition) is 1. The fourth-order valence-corrected chi connectivity index (χ4v) is 2.79. The molecule has 0 saturated heterocycles. The summed E-state index contributed by atoms with van der Waals surface area (Å²) in [4.78, 5) is 2.37. The standard InChI is InChI=1S/C14H21ClN2/c1-10(12-5-3-4-6-13(12)15)17(2)14(9-16)11-7-8-11/h3-6,10-11,14H,7-9,16H2,1-2H3. The number of benzene rings is 1. The van der Waals surface area contributed by atoms with Gasteiger partial charge in [-0.15, -0.1) is 0 Å². The molecule has 2 rings (SSSR count). The summed E-state index contributed by atoms with van der Waals surface area (Å²) in [5, 5.41) is 0.846. The first kappa shape index (κ1) is 12.9. The van der Waals surface area contributed by atoms with Crippen LogP contribution in [-0.2, 0) is 0 Å². The van der Waals surface area contributed by atoms with Crippen molar-refractivity contribution in [2.24, 2.45) is 11.7 Å². The molecule has 0 radical (unpaired) electrons. The zero-order valence-corrected chi connectivity index (χ0v) is 11.3. The van der Waals surface area contributed by atoms with Gasteiger partial charge in [0.2, 0.25) is 0 Å². The first-order valence-corrected chi connectivity index (χ1v) is 6.69. The maximum atomic E-state index is 6.25. The van der Waals surface area contributed by atoms with Crippen LogP contribution in [0.4, 0.5) is 0 Å². The van der Waals surface area contributed by atoms with Gasteiger partial charge in [0.15, 0.2) is 0 Å². The molecule has 0 aromatic heterocycles. The Morgan fingerprint density at radius 3 is 2.59 bits per heavy atom. The molecule has 17 heavy (non-hydrogen) atoms. The minimum atomic E-state index is 0.317. The zero-order valence-electron chi connectivity index (χ0n) is 10.6. The fourth-order valence-electron chi connectivity index (χ4n) is 2.49. The molecular formula is C14H21ClN2. The van der Waals surface area contributed by atoms with Crippen LogP contribution in [0.3, 0.4) is 0 Å². The Hall–Kier alpha value is -0.570. The summed E-state index contributed by atoms with van der Waals surface area (Å²) < 4.78 is 0. The normalized spacial score (nSPS) is 19.4. The van der Waals surface area contributed by atoms with Crippen molar-refractivity contribution in [1.29, 1.82) is 0 Å². The number of nitrogens with zero attached hydrogens (tertiary/aromatic N) is 1. The molecule has 1 aliphatic rings. The molecule has 2 N–H and O–H groups in total. The van der Waals surface area contributed by atoms with E-state index in [2.05, 4.69) is 24.9 Å². The van der Waals surface area contributed by atoms with Crippen LogP contribution in [0.15, 0.2) is 24.3 Å². The van der Waals surface area contributed by atoms with E-state index in [0.29, 0.717) is 12.1 Å². The Morgan fingerprint density at radius 2 is 2.06 bits per heavy atom. The Labute approximate surface area is 109 Å². The molecule has 0 aliphatic heterocycles. The summed E-state index contributed by atoms with van der Waals surface area (Å²) in [5.74, 6) is 0.787. The van der Waals surface area contributed by atoms with Gasteiger partial charge in [0, 0.05) is 23.7 Å². The third-order valence-corrected chi connectivity index (χ3v) is 4.24. The van der Waals surface area contributed by atoms with Gasteiger partial charge in [-0.3, -0.25) is 4.90 Å². The summed E-state index contributed by atoms with van der Waals surface area (Å²) in [5.41, 5.74) is 7.08. The highest BCUT2D eigenvalue weighted by Crippen LogP contribution is 2.38. The zero-order chi connectivity index (χ0) is 12.4. The van der Waals surface area contributed by atoms with Crippen LogP contribution >= 0.6 is 11.6 Å². The maximum absolute atomic E-state index is 6.25. The minimum absolute atomic E-state index is 0.317. The van der Waals surface area contributed by atoms with Crippen molar-refractivity contribution in [3.05, 3.63) is 34.9 Å². The predicted molar refractivity (Wildman–Crippen MR) is 73.2 cm³/mol. The fraction of sp³-hybridized carbons (Fsp3) is 0.571. The van der Waals surface area contributed by atoms with E-state index in [1.807, 2.05) is 18.2 Å². The van der Waals surface area contributed by atoms with E-state index in [-0.39, 0.29) is 0 Å². The van der Waals surface area contributed by atoms with Gasteiger partial charge in [0.1, 0.15) is 0 Å². The van der Waals surface area contributed by atoms with Crippen molar-refractivity contribution in [3.8, 4) is 0 Å². The van der Waals surface area contributed by atoms with Crippen LogP contribution in [0.25, 0.3) is 0 Å². The second-order valence-electron chi connectivity index (χ2n) is 5.00. The van der Waals surface area contributed by atoms with Crippen LogP contribution in [0.5, 0.6) is 0 Å². The van der Waals surface area contributed by atoms with Gasteiger partial charge in [-0.2, -0.15) is 0 Å². The van der Waals surface area contributed by atoms with E-state index in [9.17, 15) is 0 Å². The van der Waals surface area contributed by atoms with E-state index in [1.165, 1.54) is 18.4 Å². The van der Waals surface area contributed by atoms with E-state index < -0.39 is 0 Å². The highest BCUT2D eigenvalue weighted by Gasteiger charge is 2.34. The minimum Gasteiger partial charge on any atom is -0.329 e. The summed E-state index contributed by atoms with van der Waals surface area (Å²) in [7, 11) is 2.16. The molecule has 0 spiro atoms. The molecule has 0 bridgehead atoms. The molecule has 0 amide bonds. The van der Waals surface area contributed by atoms with Gasteiger partial charge in [-0.05, 0) is 44.4 Å². The van der Waals surface area contributed by atoms with Crippen LogP contribution in [0, 0.1) is 5.92 Å². The quantitative estimate of drug-likeness (QED) is 0.873. The van der Waals surface area contributed by atoms with E-state index in [4.69, 9.17) is 17.3 Å². The Kier molecular flexibility index (Phi) is 4.08. The lowest BCUT2D eigenvalue weighted by Gasteiger charge is -2.33. The highest BCUT2D eigenvalue weighted by molar-refractivity contribution is 6.31. The van der Waals surface area contributed by atoms with Gasteiger partial charge in [0.25, 0.3) is 0 Å². The van der Waals surface area contributed by atoms with Gasteiger partial charge >= 0.3 is 0 Å². The smallest absolute Gasteiger partial charge is 0.0453 e. The lowest BCUT2D eigenvalue weighted by Crippen LogP contribution is -2.41. The predicted octanol–water partition coefficient (Wildman–Crippen LogP) is 3.07. The van der Waals surface area contributed by atoms with E-state index in [1.54, 1.807) is 0 Å². The average molecular weight is 253 g/mol. The van der Waals surface area contributed by atoms with E-state index in [0.717, 1.165) is 17.5 Å². The summed E-state index contributed by atoms with van der Waals surface area (Å²) in [6.45, 7) is 2.93. The lowest BCUT2D eigenvalue weighted by atomic mass is 10.0. The van der Waals surface area contributed by atoms with Gasteiger partial charge < -0.3 is 5.73 Å². The topological polar surface area (TPSA) is 29.3 Å². The third kappa shape index (κ3) is 2.82. The molecule has 0 heterocycles. The Morgan fingerprint density at radius 1 is 1.41 bits per heavy atom. The van der Waals surface area contributed by atoms with Crippen molar-refractivity contribution in [2.75, 3.05) is 13.6 Å². The average Bonchev–Trinajstić information content (AvgIpc) is 3.14. The first-order valence-electron chi connectivity index (χ1n) is 6.31. The van der Waals surface area contributed by atoms with Crippen LogP contribution < -0.4 is 5.73 Å². The monoisotopic (exact) mass is 252 g/mol. The summed E-state index contributed by atoms with van der Waals surface area (Å²) in [6.07, 6.45) is 2.64. The molecule has 2 atom stereocenters. The second kappa shape index (κ2) is 5.38. The molecule has 1 saturated carbocycles. The summed E-state index contributed by atoms with van der Waals surface area (Å²) in [6, 6.07) is 8.87. The molecule has 2 nitrogen and oxygen atoms in total. The molecule has 1 aromatic rings. The number of likely N-dealkylation sites (N-methyl/N-ethyl adjacent to an activating group) is 1. The largest absolute Gasteiger partial charge is 0.329 e. The van der Waals surface area contributed by atoms with Crippen molar-refractivity contribution in [2.45, 2.75) is 31.8 Å². The number of rotatable bonds is 5. The van der Waals surface area contributed by atoms with Crippen molar-refractivity contribution < 1.29 is 0 Å². The molecule has 1 aromatic carbocycles. The lowest BCUT2D eigenvalue weighted by molar-refractivity contribution is 0.170.